The summed E-state index contributed by atoms with van der Waals surface area (Å²) in [5.74, 6) is 0.261. The van der Waals surface area contributed by atoms with Gasteiger partial charge in [-0.1, -0.05) is 30.1 Å². The van der Waals surface area contributed by atoms with Crippen molar-refractivity contribution in [1.29, 1.82) is 5.26 Å². The number of benzene rings is 1. The van der Waals surface area contributed by atoms with E-state index in [0.717, 1.165) is 12.8 Å². The smallest absolute Gasteiger partial charge is 0.254 e. The summed E-state index contributed by atoms with van der Waals surface area (Å²) in [6.45, 7) is 2.16. The molecule has 1 fully saturated rings. The highest BCUT2D eigenvalue weighted by Gasteiger charge is 2.36. The normalized spacial score (nSPS) is 25.8. The molecule has 1 aromatic carbocycles. The number of nitrogens with one attached hydrogen (secondary N) is 1. The van der Waals surface area contributed by atoms with Gasteiger partial charge in [-0.3, -0.25) is 4.79 Å². The van der Waals surface area contributed by atoms with Gasteiger partial charge in [0.1, 0.15) is 5.54 Å². The number of amides is 1. The van der Waals surface area contributed by atoms with Crippen LogP contribution in [0.3, 0.4) is 0 Å². The van der Waals surface area contributed by atoms with Crippen LogP contribution in [0.2, 0.25) is 10.0 Å². The van der Waals surface area contributed by atoms with Crippen LogP contribution in [-0.2, 0) is 0 Å². The minimum absolute atomic E-state index is 0.312. The number of nitrogens with zero attached hydrogens (tertiary/aromatic N) is 1. The first-order valence-corrected chi connectivity index (χ1v) is 7.40. The zero-order valence-electron chi connectivity index (χ0n) is 11.2. The average molecular weight is 311 g/mol. The SMILES string of the molecule is CC1CCC(C#N)(NC(=O)c2cc(Cl)ccc2Cl)CC1. The predicted octanol–water partition coefficient (Wildman–Crippen LogP) is 4.20. The third kappa shape index (κ3) is 3.26. The lowest BCUT2D eigenvalue weighted by molar-refractivity contribution is 0.0894. The first kappa shape index (κ1) is 15.2. The number of carbonyl (C=O) groups excluding carboxylic acids is 1. The largest absolute Gasteiger partial charge is 0.334 e. The monoisotopic (exact) mass is 310 g/mol. The summed E-state index contributed by atoms with van der Waals surface area (Å²) in [4.78, 5) is 12.3. The summed E-state index contributed by atoms with van der Waals surface area (Å²) < 4.78 is 0. The molecule has 106 valence electrons. The standard InChI is InChI=1S/C15H16Cl2N2O/c1-10-4-6-15(9-18,7-5-10)19-14(20)12-8-11(16)2-3-13(12)17/h2-3,8,10H,4-7H2,1H3,(H,19,20). The van der Waals surface area contributed by atoms with Gasteiger partial charge in [-0.15, -0.1) is 0 Å². The van der Waals surface area contributed by atoms with Crippen LogP contribution < -0.4 is 5.32 Å². The molecule has 1 aliphatic carbocycles. The molecule has 0 aliphatic heterocycles. The van der Waals surface area contributed by atoms with Crippen molar-refractivity contribution in [2.24, 2.45) is 5.92 Å². The Hall–Kier alpha value is -1.24. The van der Waals surface area contributed by atoms with Gasteiger partial charge in [-0.05, 0) is 49.8 Å². The van der Waals surface area contributed by atoms with Crippen LogP contribution in [0.15, 0.2) is 18.2 Å². The quantitative estimate of drug-likeness (QED) is 0.890. The third-order valence-corrected chi connectivity index (χ3v) is 4.43. The minimum Gasteiger partial charge on any atom is -0.334 e. The van der Waals surface area contributed by atoms with Gasteiger partial charge in [0.05, 0.1) is 16.7 Å². The van der Waals surface area contributed by atoms with Crippen LogP contribution in [0.1, 0.15) is 43.0 Å². The highest BCUT2D eigenvalue weighted by Crippen LogP contribution is 2.32. The second-order valence-electron chi connectivity index (χ2n) is 5.45. The molecule has 1 aromatic rings. The minimum atomic E-state index is -0.783. The van der Waals surface area contributed by atoms with Crippen molar-refractivity contribution in [2.45, 2.75) is 38.1 Å². The molecule has 0 unspecified atom stereocenters. The summed E-state index contributed by atoms with van der Waals surface area (Å²) in [6, 6.07) is 7.00. The average Bonchev–Trinajstić information content (AvgIpc) is 2.44. The highest BCUT2D eigenvalue weighted by atomic mass is 35.5. The molecule has 2 rings (SSSR count). The molecule has 0 heterocycles. The maximum Gasteiger partial charge on any atom is 0.254 e. The maximum atomic E-state index is 12.3. The molecule has 1 aliphatic rings. The van der Waals surface area contributed by atoms with Crippen molar-refractivity contribution in [2.75, 3.05) is 0 Å². The van der Waals surface area contributed by atoms with Crippen molar-refractivity contribution < 1.29 is 4.79 Å². The summed E-state index contributed by atoms with van der Waals surface area (Å²) in [5.41, 5.74) is -0.470. The molecule has 0 aromatic heterocycles. The summed E-state index contributed by atoms with van der Waals surface area (Å²) in [5, 5.41) is 13.1. The second-order valence-corrected chi connectivity index (χ2v) is 6.30. The summed E-state index contributed by atoms with van der Waals surface area (Å²) in [6.07, 6.45) is 3.23. The van der Waals surface area contributed by atoms with Crippen molar-refractivity contribution >= 4 is 29.1 Å². The molecule has 5 heteroatoms. The van der Waals surface area contributed by atoms with Gasteiger partial charge in [0.25, 0.3) is 5.91 Å². The van der Waals surface area contributed by atoms with E-state index >= 15 is 0 Å². The van der Waals surface area contributed by atoms with E-state index < -0.39 is 5.54 Å². The van der Waals surface area contributed by atoms with Crippen molar-refractivity contribution in [3.63, 3.8) is 0 Å². The molecule has 1 N–H and O–H groups in total. The van der Waals surface area contributed by atoms with E-state index in [1.165, 1.54) is 6.07 Å². The van der Waals surface area contributed by atoms with E-state index in [4.69, 9.17) is 23.2 Å². The lowest BCUT2D eigenvalue weighted by Gasteiger charge is -2.34. The highest BCUT2D eigenvalue weighted by molar-refractivity contribution is 6.35. The Balaban J connectivity index is 2.18. The van der Waals surface area contributed by atoms with Gasteiger partial charge in [0.15, 0.2) is 0 Å². The van der Waals surface area contributed by atoms with Crippen molar-refractivity contribution in [1.82, 2.24) is 5.32 Å². The number of rotatable bonds is 2. The zero-order valence-corrected chi connectivity index (χ0v) is 12.8. The maximum absolute atomic E-state index is 12.3. The van der Waals surface area contributed by atoms with E-state index in [2.05, 4.69) is 18.3 Å². The van der Waals surface area contributed by atoms with Gasteiger partial charge < -0.3 is 5.32 Å². The fourth-order valence-electron chi connectivity index (χ4n) is 2.48. The number of nitriles is 1. The molecule has 20 heavy (non-hydrogen) atoms. The van der Waals surface area contributed by atoms with Crippen LogP contribution in [0.5, 0.6) is 0 Å². The Labute approximate surface area is 128 Å². The van der Waals surface area contributed by atoms with Crippen LogP contribution in [0.4, 0.5) is 0 Å². The first-order chi connectivity index (χ1) is 9.46. The van der Waals surface area contributed by atoms with E-state index in [1.807, 2.05) is 0 Å². The van der Waals surface area contributed by atoms with Gasteiger partial charge >= 0.3 is 0 Å². The second kappa shape index (κ2) is 6.03. The third-order valence-electron chi connectivity index (χ3n) is 3.87. The number of hydrogen-bond donors (Lipinski definition) is 1. The van der Waals surface area contributed by atoms with Gasteiger partial charge in [0, 0.05) is 5.02 Å². The number of carbonyl (C=O) groups is 1. The van der Waals surface area contributed by atoms with E-state index in [0.29, 0.717) is 34.4 Å². The molecule has 0 spiro atoms. The Morgan fingerprint density at radius 1 is 1.40 bits per heavy atom. The van der Waals surface area contributed by atoms with E-state index in [-0.39, 0.29) is 5.91 Å². The molecule has 3 nitrogen and oxygen atoms in total. The van der Waals surface area contributed by atoms with Gasteiger partial charge in [0.2, 0.25) is 0 Å². The fraction of sp³-hybridized carbons (Fsp3) is 0.467. The Kier molecular flexibility index (Phi) is 4.57. The van der Waals surface area contributed by atoms with Crippen LogP contribution in [0, 0.1) is 17.2 Å². The van der Waals surface area contributed by atoms with E-state index in [9.17, 15) is 10.1 Å². The molecule has 1 saturated carbocycles. The van der Waals surface area contributed by atoms with Crippen molar-refractivity contribution in [3.05, 3.63) is 33.8 Å². The molecule has 0 radical (unpaired) electrons. The predicted molar refractivity (Wildman–Crippen MR) is 79.9 cm³/mol. The van der Waals surface area contributed by atoms with Crippen molar-refractivity contribution in [3.8, 4) is 6.07 Å². The number of halogens is 2. The Morgan fingerprint density at radius 2 is 2.05 bits per heavy atom. The first-order valence-electron chi connectivity index (χ1n) is 6.64. The molecule has 0 atom stereocenters. The number of hydrogen-bond acceptors (Lipinski definition) is 2. The summed E-state index contributed by atoms with van der Waals surface area (Å²) in [7, 11) is 0. The topological polar surface area (TPSA) is 52.9 Å². The lowest BCUT2D eigenvalue weighted by Crippen LogP contribution is -2.49. The van der Waals surface area contributed by atoms with Gasteiger partial charge in [-0.25, -0.2) is 0 Å². The van der Waals surface area contributed by atoms with Crippen LogP contribution in [0.25, 0.3) is 0 Å². The Bertz CT molecular complexity index is 557. The zero-order chi connectivity index (χ0) is 14.8. The molecular weight excluding hydrogens is 295 g/mol. The van der Waals surface area contributed by atoms with Crippen LogP contribution in [-0.4, -0.2) is 11.4 Å². The lowest BCUT2D eigenvalue weighted by atomic mass is 9.78. The van der Waals surface area contributed by atoms with E-state index in [1.54, 1.807) is 12.1 Å². The van der Waals surface area contributed by atoms with Gasteiger partial charge in [-0.2, -0.15) is 5.26 Å². The molecular formula is C15H16Cl2N2O. The molecule has 0 bridgehead atoms. The molecule has 1 amide bonds. The fourth-order valence-corrected chi connectivity index (χ4v) is 2.85. The van der Waals surface area contributed by atoms with Crippen LogP contribution >= 0.6 is 23.2 Å². The summed E-state index contributed by atoms with van der Waals surface area (Å²) >= 11 is 11.9. The molecule has 0 saturated heterocycles. The Morgan fingerprint density at radius 3 is 2.65 bits per heavy atom.